The smallest absolute Gasteiger partial charge is 0.258 e. The van der Waals surface area contributed by atoms with Crippen molar-refractivity contribution in [3.05, 3.63) is 65.7 Å². The minimum absolute atomic E-state index is 0.00727. The lowest BCUT2D eigenvalue weighted by atomic mass is 10.0. The number of hydrogen-bond acceptors (Lipinski definition) is 2. The van der Waals surface area contributed by atoms with Gasteiger partial charge in [0.15, 0.2) is 0 Å². The Morgan fingerprint density at radius 2 is 1.75 bits per heavy atom. The molecule has 0 radical (unpaired) electrons. The van der Waals surface area contributed by atoms with Crippen molar-refractivity contribution in [2.75, 3.05) is 11.4 Å². The molecular formula is C17H17NO2. The average Bonchev–Trinajstić information content (AvgIpc) is 2.67. The third-order valence-electron chi connectivity index (χ3n) is 3.71. The summed E-state index contributed by atoms with van der Waals surface area (Å²) in [6.45, 7) is 0.641. The zero-order valence-corrected chi connectivity index (χ0v) is 11.2. The van der Waals surface area contributed by atoms with Gasteiger partial charge in [-0.2, -0.15) is 0 Å². The first-order valence-corrected chi connectivity index (χ1v) is 6.91. The zero-order valence-electron chi connectivity index (χ0n) is 11.2. The molecule has 3 rings (SSSR count). The number of hydrogen-bond donors (Lipinski definition) is 1. The number of benzene rings is 2. The van der Waals surface area contributed by atoms with Gasteiger partial charge in [-0.25, -0.2) is 0 Å². The van der Waals surface area contributed by atoms with E-state index in [1.165, 1.54) is 0 Å². The Kier molecular flexibility index (Phi) is 3.52. The molecule has 102 valence electrons. The van der Waals surface area contributed by atoms with E-state index in [1.54, 1.807) is 4.90 Å². The number of carbonyl (C=O) groups is 1. The first-order valence-electron chi connectivity index (χ1n) is 6.91. The largest absolute Gasteiger partial charge is 0.388 e. The van der Waals surface area contributed by atoms with Crippen LogP contribution in [0.2, 0.25) is 0 Å². The lowest BCUT2D eigenvalue weighted by Crippen LogP contribution is -2.31. The molecule has 1 atom stereocenters. The molecule has 2 aromatic rings. The average molecular weight is 267 g/mol. The number of amides is 1. The van der Waals surface area contributed by atoms with Gasteiger partial charge in [0.05, 0.1) is 6.10 Å². The van der Waals surface area contributed by atoms with Crippen LogP contribution in [0.15, 0.2) is 54.6 Å². The topological polar surface area (TPSA) is 40.5 Å². The summed E-state index contributed by atoms with van der Waals surface area (Å²) >= 11 is 0. The molecule has 1 aliphatic heterocycles. The van der Waals surface area contributed by atoms with Gasteiger partial charge < -0.3 is 10.0 Å². The van der Waals surface area contributed by atoms with Crippen molar-refractivity contribution in [3.63, 3.8) is 0 Å². The van der Waals surface area contributed by atoms with Gasteiger partial charge in [-0.15, -0.1) is 0 Å². The lowest BCUT2D eigenvalue weighted by Gasteiger charge is -2.23. The predicted molar refractivity (Wildman–Crippen MR) is 78.8 cm³/mol. The molecule has 3 nitrogen and oxygen atoms in total. The standard InChI is InChI=1S/C17H17NO2/c19-16-11-6-12-18(15-10-5-4-9-14(15)16)17(20)13-7-2-1-3-8-13/h1-5,7-10,16,19H,6,11-12H2. The third kappa shape index (κ3) is 2.32. The van der Waals surface area contributed by atoms with E-state index in [0.29, 0.717) is 18.5 Å². The van der Waals surface area contributed by atoms with E-state index in [4.69, 9.17) is 0 Å². The maximum absolute atomic E-state index is 12.7. The molecule has 1 unspecified atom stereocenters. The highest BCUT2D eigenvalue weighted by atomic mass is 16.3. The highest BCUT2D eigenvalue weighted by Crippen LogP contribution is 2.33. The molecule has 0 saturated heterocycles. The first-order chi connectivity index (χ1) is 9.77. The van der Waals surface area contributed by atoms with Gasteiger partial charge in [-0.3, -0.25) is 4.79 Å². The maximum atomic E-state index is 12.7. The predicted octanol–water partition coefficient (Wildman–Crippen LogP) is 3.16. The highest BCUT2D eigenvalue weighted by molar-refractivity contribution is 6.06. The van der Waals surface area contributed by atoms with Crippen LogP contribution < -0.4 is 4.90 Å². The molecule has 1 heterocycles. The van der Waals surface area contributed by atoms with Crippen molar-refractivity contribution in [1.82, 2.24) is 0 Å². The van der Waals surface area contributed by atoms with E-state index in [2.05, 4.69) is 0 Å². The summed E-state index contributed by atoms with van der Waals surface area (Å²) in [5.74, 6) is -0.00727. The molecular weight excluding hydrogens is 250 g/mol. The molecule has 0 fully saturated rings. The van der Waals surface area contributed by atoms with Gasteiger partial charge in [0.2, 0.25) is 0 Å². The summed E-state index contributed by atoms with van der Waals surface area (Å²) in [7, 11) is 0. The molecule has 1 aliphatic rings. The molecule has 1 N–H and O–H groups in total. The number of para-hydroxylation sites is 1. The molecule has 0 spiro atoms. The van der Waals surface area contributed by atoms with Crippen LogP contribution in [0.1, 0.15) is 34.9 Å². The van der Waals surface area contributed by atoms with Gasteiger partial charge in [0, 0.05) is 23.4 Å². The SMILES string of the molecule is O=C(c1ccccc1)N1CCCC(O)c2ccccc21. The Morgan fingerprint density at radius 1 is 1.05 bits per heavy atom. The van der Waals surface area contributed by atoms with E-state index < -0.39 is 6.10 Å². The summed E-state index contributed by atoms with van der Waals surface area (Å²) < 4.78 is 0. The Balaban J connectivity index is 2.01. The molecule has 2 aromatic carbocycles. The van der Waals surface area contributed by atoms with Gasteiger partial charge in [-0.1, -0.05) is 36.4 Å². The summed E-state index contributed by atoms with van der Waals surface area (Å²) in [6, 6.07) is 16.9. The molecule has 0 aliphatic carbocycles. The number of nitrogens with zero attached hydrogens (tertiary/aromatic N) is 1. The van der Waals surface area contributed by atoms with Crippen molar-refractivity contribution in [2.24, 2.45) is 0 Å². The van der Waals surface area contributed by atoms with E-state index in [0.717, 1.165) is 17.7 Å². The minimum Gasteiger partial charge on any atom is -0.388 e. The van der Waals surface area contributed by atoms with Crippen molar-refractivity contribution in [1.29, 1.82) is 0 Å². The first kappa shape index (κ1) is 12.9. The summed E-state index contributed by atoms with van der Waals surface area (Å²) in [5.41, 5.74) is 2.35. The van der Waals surface area contributed by atoms with Crippen LogP contribution in [-0.4, -0.2) is 17.6 Å². The van der Waals surface area contributed by atoms with E-state index in [9.17, 15) is 9.90 Å². The fourth-order valence-corrected chi connectivity index (χ4v) is 2.68. The Morgan fingerprint density at radius 3 is 2.55 bits per heavy atom. The summed E-state index contributed by atoms with van der Waals surface area (Å²) in [4.78, 5) is 14.4. The molecule has 0 saturated carbocycles. The van der Waals surface area contributed by atoms with E-state index >= 15 is 0 Å². The number of carbonyl (C=O) groups excluding carboxylic acids is 1. The highest BCUT2D eigenvalue weighted by Gasteiger charge is 2.25. The van der Waals surface area contributed by atoms with Crippen LogP contribution >= 0.6 is 0 Å². The van der Waals surface area contributed by atoms with Crippen LogP contribution in [0.3, 0.4) is 0 Å². The molecule has 20 heavy (non-hydrogen) atoms. The monoisotopic (exact) mass is 267 g/mol. The lowest BCUT2D eigenvalue weighted by molar-refractivity contribution is 0.0986. The van der Waals surface area contributed by atoms with Crippen molar-refractivity contribution in [2.45, 2.75) is 18.9 Å². The Hall–Kier alpha value is -2.13. The number of aliphatic hydroxyl groups excluding tert-OH is 1. The van der Waals surface area contributed by atoms with Crippen molar-refractivity contribution >= 4 is 11.6 Å². The Labute approximate surface area is 118 Å². The fraction of sp³-hybridized carbons (Fsp3) is 0.235. The zero-order chi connectivity index (χ0) is 13.9. The van der Waals surface area contributed by atoms with Gasteiger partial charge in [0.1, 0.15) is 0 Å². The second-order valence-electron chi connectivity index (χ2n) is 5.04. The van der Waals surface area contributed by atoms with E-state index in [1.807, 2.05) is 54.6 Å². The van der Waals surface area contributed by atoms with Crippen LogP contribution in [-0.2, 0) is 0 Å². The van der Waals surface area contributed by atoms with Crippen LogP contribution in [0, 0.1) is 0 Å². The van der Waals surface area contributed by atoms with Crippen LogP contribution in [0.4, 0.5) is 5.69 Å². The summed E-state index contributed by atoms with van der Waals surface area (Å²) in [6.07, 6.45) is 1.00. The Bertz CT molecular complexity index is 609. The second-order valence-corrected chi connectivity index (χ2v) is 5.04. The number of aliphatic hydroxyl groups is 1. The van der Waals surface area contributed by atoms with Gasteiger partial charge >= 0.3 is 0 Å². The number of fused-ring (bicyclic) bond motifs is 1. The summed E-state index contributed by atoms with van der Waals surface area (Å²) in [5, 5.41) is 10.2. The quantitative estimate of drug-likeness (QED) is 0.862. The maximum Gasteiger partial charge on any atom is 0.258 e. The van der Waals surface area contributed by atoms with Crippen molar-refractivity contribution in [3.8, 4) is 0 Å². The van der Waals surface area contributed by atoms with Gasteiger partial charge in [-0.05, 0) is 31.0 Å². The van der Waals surface area contributed by atoms with Crippen LogP contribution in [0.5, 0.6) is 0 Å². The molecule has 1 amide bonds. The fourth-order valence-electron chi connectivity index (χ4n) is 2.68. The normalized spacial score (nSPS) is 18.2. The molecule has 0 aromatic heterocycles. The third-order valence-corrected chi connectivity index (χ3v) is 3.71. The van der Waals surface area contributed by atoms with Crippen molar-refractivity contribution < 1.29 is 9.90 Å². The minimum atomic E-state index is -0.486. The number of rotatable bonds is 1. The van der Waals surface area contributed by atoms with Gasteiger partial charge in [0.25, 0.3) is 5.91 Å². The second kappa shape index (κ2) is 5.47. The molecule has 3 heteroatoms. The molecule has 0 bridgehead atoms. The van der Waals surface area contributed by atoms with Crippen LogP contribution in [0.25, 0.3) is 0 Å². The van der Waals surface area contributed by atoms with E-state index in [-0.39, 0.29) is 5.91 Å². The number of anilines is 1.